The lowest BCUT2D eigenvalue weighted by Gasteiger charge is -2.33. The number of nitrogens with zero attached hydrogens (tertiary/aromatic N) is 2. The minimum Gasteiger partial charge on any atom is -0.301 e. The Balaban J connectivity index is 1.48. The molecular formula is C23H26N2S. The Morgan fingerprint density at radius 2 is 1.92 bits per heavy atom. The van der Waals surface area contributed by atoms with Gasteiger partial charge in [0.15, 0.2) is 0 Å². The average Bonchev–Trinajstić information content (AvgIpc) is 3.31. The molecule has 2 aliphatic heterocycles. The Kier molecular flexibility index (Phi) is 4.32. The topological polar surface area (TPSA) is 6.48 Å². The van der Waals surface area contributed by atoms with Gasteiger partial charge in [-0.15, -0.1) is 11.3 Å². The fraction of sp³-hybridized carbons (Fsp3) is 0.391. The summed E-state index contributed by atoms with van der Waals surface area (Å²) < 4.78 is 1.39. The zero-order chi connectivity index (χ0) is 17.5. The van der Waals surface area contributed by atoms with E-state index in [1.807, 2.05) is 11.3 Å². The predicted octanol–water partition coefficient (Wildman–Crippen LogP) is 5.07. The van der Waals surface area contributed by atoms with Crippen molar-refractivity contribution in [3.63, 3.8) is 0 Å². The molecule has 3 heterocycles. The summed E-state index contributed by atoms with van der Waals surface area (Å²) in [6, 6.07) is 16.5. The quantitative estimate of drug-likeness (QED) is 0.641. The van der Waals surface area contributed by atoms with Crippen molar-refractivity contribution in [3.8, 4) is 0 Å². The van der Waals surface area contributed by atoms with E-state index in [1.165, 1.54) is 58.3 Å². The molecule has 0 saturated carbocycles. The number of benzene rings is 2. The number of likely N-dealkylation sites (tertiary alicyclic amines) is 1. The molecule has 2 aromatic carbocycles. The van der Waals surface area contributed by atoms with Crippen LogP contribution in [0.2, 0.25) is 0 Å². The van der Waals surface area contributed by atoms with Crippen LogP contribution in [0.1, 0.15) is 41.0 Å². The van der Waals surface area contributed by atoms with Crippen molar-refractivity contribution in [1.29, 1.82) is 0 Å². The molecule has 1 atom stereocenters. The van der Waals surface area contributed by atoms with Crippen LogP contribution >= 0.6 is 11.3 Å². The molecule has 2 nitrogen and oxygen atoms in total. The zero-order valence-corrected chi connectivity index (χ0v) is 16.3. The number of thiophene rings is 1. The van der Waals surface area contributed by atoms with Gasteiger partial charge < -0.3 is 4.90 Å². The van der Waals surface area contributed by atoms with Gasteiger partial charge in [-0.3, -0.25) is 4.90 Å². The largest absolute Gasteiger partial charge is 0.301 e. The van der Waals surface area contributed by atoms with Gasteiger partial charge in [0.1, 0.15) is 0 Å². The van der Waals surface area contributed by atoms with Gasteiger partial charge in [0.25, 0.3) is 0 Å². The highest BCUT2D eigenvalue weighted by molar-refractivity contribution is 7.17. The lowest BCUT2D eigenvalue weighted by Crippen LogP contribution is -2.31. The second-order valence-corrected chi connectivity index (χ2v) is 8.93. The Morgan fingerprint density at radius 3 is 2.81 bits per heavy atom. The van der Waals surface area contributed by atoms with Crippen molar-refractivity contribution in [3.05, 3.63) is 70.1 Å². The number of hydrogen-bond donors (Lipinski definition) is 0. The summed E-state index contributed by atoms with van der Waals surface area (Å²) in [7, 11) is 2.26. The van der Waals surface area contributed by atoms with Crippen molar-refractivity contribution in [2.24, 2.45) is 0 Å². The first-order valence-electron chi connectivity index (χ1n) is 9.76. The molecule has 1 saturated heterocycles. The second-order valence-electron chi connectivity index (χ2n) is 7.98. The Labute approximate surface area is 160 Å². The van der Waals surface area contributed by atoms with Crippen LogP contribution in [0.15, 0.2) is 47.8 Å². The van der Waals surface area contributed by atoms with Gasteiger partial charge in [-0.2, -0.15) is 0 Å². The van der Waals surface area contributed by atoms with Gasteiger partial charge in [-0.1, -0.05) is 24.3 Å². The second kappa shape index (κ2) is 6.80. The molecule has 0 spiro atoms. The summed E-state index contributed by atoms with van der Waals surface area (Å²) in [6.45, 7) is 5.82. The minimum atomic E-state index is 0.480. The van der Waals surface area contributed by atoms with Crippen LogP contribution in [0.3, 0.4) is 0 Å². The van der Waals surface area contributed by atoms with Gasteiger partial charge >= 0.3 is 0 Å². The molecule has 2 aliphatic rings. The van der Waals surface area contributed by atoms with E-state index in [1.54, 1.807) is 0 Å². The molecule has 3 aromatic rings. The highest BCUT2D eigenvalue weighted by Gasteiger charge is 2.25. The maximum atomic E-state index is 2.59. The fourth-order valence-corrected chi connectivity index (χ4v) is 5.46. The smallest absolute Gasteiger partial charge is 0.0342 e. The predicted molar refractivity (Wildman–Crippen MR) is 111 cm³/mol. The van der Waals surface area contributed by atoms with Crippen molar-refractivity contribution < 1.29 is 0 Å². The number of hydrogen-bond acceptors (Lipinski definition) is 3. The van der Waals surface area contributed by atoms with Crippen molar-refractivity contribution in [2.75, 3.05) is 26.7 Å². The third-order valence-corrected chi connectivity index (χ3v) is 6.90. The Morgan fingerprint density at radius 1 is 1.04 bits per heavy atom. The lowest BCUT2D eigenvalue weighted by molar-refractivity contribution is 0.294. The first-order chi connectivity index (χ1) is 12.8. The first kappa shape index (κ1) is 16.5. The molecule has 0 bridgehead atoms. The average molecular weight is 363 g/mol. The van der Waals surface area contributed by atoms with Crippen LogP contribution in [0.25, 0.3) is 10.1 Å². The Hall–Kier alpha value is -1.68. The van der Waals surface area contributed by atoms with Gasteiger partial charge in [0, 0.05) is 30.3 Å². The summed E-state index contributed by atoms with van der Waals surface area (Å²) in [5.41, 5.74) is 5.98. The van der Waals surface area contributed by atoms with Crippen LogP contribution in [-0.2, 0) is 13.1 Å². The van der Waals surface area contributed by atoms with Crippen LogP contribution in [0, 0.1) is 0 Å². The standard InChI is InChI=1S/C23H26N2S/c1-24-15-20-12-17(14-25-9-2-3-10-25)4-6-21(20)22(16-24)18-5-7-23-19(13-18)8-11-26-23/h4-8,11-13,22H,2-3,9-10,14-16H2,1H3. The maximum absolute atomic E-state index is 2.59. The van der Waals surface area contributed by atoms with E-state index in [0.29, 0.717) is 5.92 Å². The van der Waals surface area contributed by atoms with E-state index in [-0.39, 0.29) is 0 Å². The molecule has 0 aliphatic carbocycles. The third kappa shape index (κ3) is 3.09. The van der Waals surface area contributed by atoms with Gasteiger partial charge in [-0.25, -0.2) is 0 Å². The van der Waals surface area contributed by atoms with Crippen LogP contribution in [0.4, 0.5) is 0 Å². The highest BCUT2D eigenvalue weighted by atomic mass is 32.1. The summed E-state index contributed by atoms with van der Waals surface area (Å²) in [6.07, 6.45) is 2.72. The van der Waals surface area contributed by atoms with Crippen molar-refractivity contribution >= 4 is 21.4 Å². The number of rotatable bonds is 3. The molecule has 5 rings (SSSR count). The van der Waals surface area contributed by atoms with E-state index >= 15 is 0 Å². The molecule has 1 unspecified atom stereocenters. The third-order valence-electron chi connectivity index (χ3n) is 6.00. The summed E-state index contributed by atoms with van der Waals surface area (Å²) >= 11 is 1.83. The molecule has 3 heteroatoms. The minimum absolute atomic E-state index is 0.480. The highest BCUT2D eigenvalue weighted by Crippen LogP contribution is 2.35. The van der Waals surface area contributed by atoms with E-state index in [9.17, 15) is 0 Å². The monoisotopic (exact) mass is 362 g/mol. The maximum Gasteiger partial charge on any atom is 0.0342 e. The van der Waals surface area contributed by atoms with E-state index in [4.69, 9.17) is 0 Å². The Bertz CT molecular complexity index is 923. The number of likely N-dealkylation sites (N-methyl/N-ethyl adjacent to an activating group) is 1. The van der Waals surface area contributed by atoms with Gasteiger partial charge in [0.05, 0.1) is 0 Å². The van der Waals surface area contributed by atoms with E-state index in [2.05, 4.69) is 64.7 Å². The molecule has 0 amide bonds. The molecule has 0 N–H and O–H groups in total. The summed E-state index contributed by atoms with van der Waals surface area (Å²) in [5.74, 6) is 0.480. The SMILES string of the molecule is CN1Cc2cc(CN3CCCC3)ccc2C(c2ccc3sccc3c2)C1. The van der Waals surface area contributed by atoms with Crippen LogP contribution < -0.4 is 0 Å². The van der Waals surface area contributed by atoms with Gasteiger partial charge in [-0.05, 0) is 84.2 Å². The summed E-state index contributed by atoms with van der Waals surface area (Å²) in [5, 5.41) is 3.58. The molecule has 0 radical (unpaired) electrons. The number of fused-ring (bicyclic) bond motifs is 2. The molecule has 1 aromatic heterocycles. The lowest BCUT2D eigenvalue weighted by atomic mass is 9.84. The van der Waals surface area contributed by atoms with Crippen LogP contribution in [0.5, 0.6) is 0 Å². The molecule has 134 valence electrons. The van der Waals surface area contributed by atoms with Crippen LogP contribution in [-0.4, -0.2) is 36.5 Å². The summed E-state index contributed by atoms with van der Waals surface area (Å²) in [4.78, 5) is 5.07. The van der Waals surface area contributed by atoms with Gasteiger partial charge in [0.2, 0.25) is 0 Å². The molecule has 26 heavy (non-hydrogen) atoms. The fourth-order valence-electron chi connectivity index (χ4n) is 4.69. The normalized spacial score (nSPS) is 21.3. The van der Waals surface area contributed by atoms with Crippen molar-refractivity contribution in [2.45, 2.75) is 31.8 Å². The van der Waals surface area contributed by atoms with E-state index < -0.39 is 0 Å². The molecular weight excluding hydrogens is 336 g/mol. The molecule has 1 fully saturated rings. The first-order valence-corrected chi connectivity index (χ1v) is 10.6. The van der Waals surface area contributed by atoms with E-state index in [0.717, 1.165) is 19.6 Å². The zero-order valence-electron chi connectivity index (χ0n) is 15.4. The van der Waals surface area contributed by atoms with Crippen molar-refractivity contribution in [1.82, 2.24) is 9.80 Å².